The summed E-state index contributed by atoms with van der Waals surface area (Å²) in [4.78, 5) is 13.6. The molecule has 0 saturated carbocycles. The number of carbonyl (C=O) groups is 1. The van der Waals surface area contributed by atoms with E-state index in [4.69, 9.17) is 4.74 Å². The lowest BCUT2D eigenvalue weighted by molar-refractivity contribution is -0.116. The number of ketones is 1. The van der Waals surface area contributed by atoms with Crippen molar-refractivity contribution < 1.29 is 14.6 Å². The van der Waals surface area contributed by atoms with E-state index < -0.39 is 0 Å². The number of allylic oxidation sites excluding steroid dienone is 1. The lowest BCUT2D eigenvalue weighted by Gasteiger charge is -2.30. The van der Waals surface area contributed by atoms with Crippen LogP contribution in [0.3, 0.4) is 0 Å². The Labute approximate surface area is 194 Å². The van der Waals surface area contributed by atoms with E-state index >= 15 is 0 Å². The molecule has 0 radical (unpaired) electrons. The summed E-state index contributed by atoms with van der Waals surface area (Å²) in [5, 5.41) is 17.5. The molecule has 1 heterocycles. The Balaban J connectivity index is 1.58. The third-order valence-electron chi connectivity index (χ3n) is 6.70. The molecule has 0 bridgehead atoms. The van der Waals surface area contributed by atoms with Gasteiger partial charge in [0.15, 0.2) is 17.3 Å². The van der Waals surface area contributed by atoms with Gasteiger partial charge < -0.3 is 20.5 Å². The molecule has 5 rings (SSSR count). The summed E-state index contributed by atoms with van der Waals surface area (Å²) in [6.45, 7) is 2.15. The number of anilines is 2. The Morgan fingerprint density at radius 1 is 0.970 bits per heavy atom. The monoisotopic (exact) mass is 440 g/mol. The Morgan fingerprint density at radius 2 is 1.70 bits per heavy atom. The maximum atomic E-state index is 13.6. The van der Waals surface area contributed by atoms with Crippen LogP contribution in [0.4, 0.5) is 11.4 Å². The Hall–Kier alpha value is -3.73. The summed E-state index contributed by atoms with van der Waals surface area (Å²) in [5.74, 6) is 0.714. The van der Waals surface area contributed by atoms with Crippen LogP contribution < -0.4 is 15.4 Å². The van der Waals surface area contributed by atoms with Crippen LogP contribution in [0.5, 0.6) is 11.5 Å². The van der Waals surface area contributed by atoms with Crippen molar-refractivity contribution in [2.45, 2.75) is 38.1 Å². The number of methoxy groups -OCH3 is 1. The van der Waals surface area contributed by atoms with E-state index in [1.165, 1.54) is 18.2 Å². The van der Waals surface area contributed by atoms with Crippen LogP contribution in [0, 0.1) is 0 Å². The van der Waals surface area contributed by atoms with Crippen molar-refractivity contribution in [3.05, 3.63) is 94.7 Å². The predicted octanol–water partition coefficient (Wildman–Crippen LogP) is 5.94. The fourth-order valence-corrected chi connectivity index (χ4v) is 4.89. The predicted molar refractivity (Wildman–Crippen MR) is 131 cm³/mol. The summed E-state index contributed by atoms with van der Waals surface area (Å²) >= 11 is 0. The third kappa shape index (κ3) is 3.95. The van der Waals surface area contributed by atoms with Crippen molar-refractivity contribution in [2.75, 3.05) is 17.7 Å². The largest absolute Gasteiger partial charge is 0.504 e. The van der Waals surface area contributed by atoms with E-state index in [1.54, 1.807) is 12.1 Å². The van der Waals surface area contributed by atoms with Crippen LogP contribution in [0.25, 0.3) is 0 Å². The second-order valence-corrected chi connectivity index (χ2v) is 8.69. The van der Waals surface area contributed by atoms with Crippen LogP contribution >= 0.6 is 0 Å². The summed E-state index contributed by atoms with van der Waals surface area (Å²) in [5.41, 5.74) is 6.84. The molecule has 0 spiro atoms. The van der Waals surface area contributed by atoms with Crippen molar-refractivity contribution in [1.29, 1.82) is 0 Å². The highest BCUT2D eigenvalue weighted by molar-refractivity contribution is 6.01. The maximum Gasteiger partial charge on any atom is 0.163 e. The minimum atomic E-state index is -0.371. The molecule has 2 atom stereocenters. The van der Waals surface area contributed by atoms with Gasteiger partial charge in [-0.15, -0.1) is 0 Å². The number of fused-ring (bicyclic) bond motifs is 1. The average molecular weight is 441 g/mol. The second-order valence-electron chi connectivity index (χ2n) is 8.69. The van der Waals surface area contributed by atoms with E-state index in [2.05, 4.69) is 41.8 Å². The first-order chi connectivity index (χ1) is 16.1. The zero-order valence-corrected chi connectivity index (χ0v) is 18.9. The highest BCUT2D eigenvalue weighted by atomic mass is 16.5. The first-order valence-electron chi connectivity index (χ1n) is 11.4. The maximum absolute atomic E-state index is 13.6. The molecule has 5 heteroatoms. The minimum absolute atomic E-state index is 0.0570. The van der Waals surface area contributed by atoms with Crippen LogP contribution in [0.1, 0.15) is 48.4 Å². The van der Waals surface area contributed by atoms with Crippen molar-refractivity contribution in [3.8, 4) is 11.5 Å². The van der Waals surface area contributed by atoms with Gasteiger partial charge in [-0.2, -0.15) is 0 Å². The Kier molecular flexibility index (Phi) is 5.55. The zero-order chi connectivity index (χ0) is 22.9. The number of hydrogen-bond donors (Lipinski definition) is 3. The number of ether oxygens (including phenoxy) is 1. The smallest absolute Gasteiger partial charge is 0.163 e. The molecule has 1 aliphatic carbocycles. The SMILES string of the molecule is CCc1ccc(C2CC(=O)C3=C(C2)Nc2ccccc2NC3c2ccc(OC)c(O)c2)cc1. The average Bonchev–Trinajstić information content (AvgIpc) is 3.01. The molecule has 2 unspecified atom stereocenters. The number of benzene rings is 3. The lowest BCUT2D eigenvalue weighted by Crippen LogP contribution is -2.26. The number of phenolic OH excluding ortho intramolecular Hbond substituents is 1. The van der Waals surface area contributed by atoms with Gasteiger partial charge in [0.1, 0.15) is 0 Å². The molecule has 0 amide bonds. The van der Waals surface area contributed by atoms with Crippen molar-refractivity contribution >= 4 is 17.2 Å². The van der Waals surface area contributed by atoms with E-state index in [0.29, 0.717) is 12.2 Å². The van der Waals surface area contributed by atoms with E-state index in [0.717, 1.165) is 41.1 Å². The molecule has 3 aromatic carbocycles. The topological polar surface area (TPSA) is 70.6 Å². The van der Waals surface area contributed by atoms with Gasteiger partial charge in [-0.3, -0.25) is 4.79 Å². The molecule has 0 fully saturated rings. The number of para-hydroxylation sites is 2. The Morgan fingerprint density at radius 3 is 2.39 bits per heavy atom. The second kappa shape index (κ2) is 8.66. The van der Waals surface area contributed by atoms with Crippen LogP contribution in [-0.4, -0.2) is 18.0 Å². The number of nitrogens with one attached hydrogen (secondary N) is 2. The zero-order valence-electron chi connectivity index (χ0n) is 18.9. The molecule has 3 aromatic rings. The first kappa shape index (κ1) is 21.1. The number of phenols is 1. The molecule has 0 aromatic heterocycles. The first-order valence-corrected chi connectivity index (χ1v) is 11.4. The molecule has 1 aliphatic heterocycles. The number of hydrogen-bond acceptors (Lipinski definition) is 5. The lowest BCUT2D eigenvalue weighted by atomic mass is 9.78. The molecule has 5 nitrogen and oxygen atoms in total. The van der Waals surface area contributed by atoms with Gasteiger partial charge in [0.05, 0.1) is 24.5 Å². The van der Waals surface area contributed by atoms with E-state index in [1.807, 2.05) is 30.3 Å². The fraction of sp³-hybridized carbons (Fsp3) is 0.250. The van der Waals surface area contributed by atoms with Crippen molar-refractivity contribution in [2.24, 2.45) is 0 Å². The molecule has 3 N–H and O–H groups in total. The van der Waals surface area contributed by atoms with Gasteiger partial charge in [0.2, 0.25) is 0 Å². The highest BCUT2D eigenvalue weighted by Gasteiger charge is 2.36. The van der Waals surface area contributed by atoms with E-state index in [9.17, 15) is 9.90 Å². The van der Waals surface area contributed by atoms with Crippen LogP contribution in [-0.2, 0) is 11.2 Å². The normalized spacial score (nSPS) is 19.6. The van der Waals surface area contributed by atoms with Gasteiger partial charge in [0, 0.05) is 17.7 Å². The van der Waals surface area contributed by atoms with Crippen molar-refractivity contribution in [3.63, 3.8) is 0 Å². The van der Waals surface area contributed by atoms with E-state index in [-0.39, 0.29) is 23.5 Å². The molecule has 0 saturated heterocycles. The molecule has 33 heavy (non-hydrogen) atoms. The standard InChI is InChI=1S/C28H28N2O3/c1-3-17-8-10-18(11-9-17)20-14-23-27(25(32)16-20)28(19-12-13-26(33-2)24(31)15-19)30-22-7-5-4-6-21(22)29-23/h4-13,15,20,28-31H,3,14,16H2,1-2H3. The summed E-state index contributed by atoms with van der Waals surface area (Å²) in [7, 11) is 1.53. The van der Waals surface area contributed by atoms with Gasteiger partial charge in [-0.1, -0.05) is 49.4 Å². The Bertz CT molecular complexity index is 1230. The molecule has 2 aliphatic rings. The fourth-order valence-electron chi connectivity index (χ4n) is 4.89. The van der Waals surface area contributed by atoms with Crippen LogP contribution in [0.2, 0.25) is 0 Å². The summed E-state index contributed by atoms with van der Waals surface area (Å²) in [6, 6.07) is 21.6. The number of aryl methyl sites for hydroxylation is 1. The van der Waals surface area contributed by atoms with Gasteiger partial charge in [-0.05, 0) is 59.7 Å². The van der Waals surface area contributed by atoms with Gasteiger partial charge >= 0.3 is 0 Å². The molecular weight excluding hydrogens is 412 g/mol. The highest BCUT2D eigenvalue weighted by Crippen LogP contribution is 2.45. The molecular formula is C28H28N2O3. The number of Topliss-reactive ketones (excluding diaryl/α,β-unsaturated/α-hetero) is 1. The summed E-state index contributed by atoms with van der Waals surface area (Å²) < 4.78 is 5.21. The molecule has 168 valence electrons. The van der Waals surface area contributed by atoms with Gasteiger partial charge in [-0.25, -0.2) is 0 Å². The van der Waals surface area contributed by atoms with Crippen LogP contribution in [0.15, 0.2) is 78.0 Å². The number of carbonyl (C=O) groups excluding carboxylic acids is 1. The van der Waals surface area contributed by atoms with Gasteiger partial charge in [0.25, 0.3) is 0 Å². The van der Waals surface area contributed by atoms with Crippen molar-refractivity contribution in [1.82, 2.24) is 0 Å². The minimum Gasteiger partial charge on any atom is -0.504 e. The number of rotatable bonds is 4. The summed E-state index contributed by atoms with van der Waals surface area (Å²) in [6.07, 6.45) is 2.21. The number of aromatic hydroxyl groups is 1. The third-order valence-corrected chi connectivity index (χ3v) is 6.70. The quantitative estimate of drug-likeness (QED) is 0.468.